The van der Waals surface area contributed by atoms with Crippen molar-refractivity contribution in [3.8, 4) is 11.1 Å². The normalized spacial score (nSPS) is 12.1. The Morgan fingerprint density at radius 3 is 2.47 bits per heavy atom. The van der Waals surface area contributed by atoms with Gasteiger partial charge in [-0.2, -0.15) is 13.2 Å². The Kier molecular flexibility index (Phi) is 6.21. The SMILES string of the molecule is Cc1ncnc(C)c1-c1ccc(C[n+]2cc(/N=C(\[O-])Nc3ccnc(C(F)(F)F)c3)on2)cc1. The third kappa shape index (κ3) is 5.34. The number of pyridine rings is 1. The van der Waals surface area contributed by atoms with Crippen molar-refractivity contribution in [1.29, 1.82) is 0 Å². The second-order valence-corrected chi connectivity index (χ2v) is 7.32. The number of nitrogens with zero attached hydrogens (tertiary/aromatic N) is 6. The van der Waals surface area contributed by atoms with Crippen LogP contribution >= 0.6 is 0 Å². The molecule has 3 heterocycles. The standard InChI is InChI=1S/C22H18F3N7O2/c1-13-20(14(2)28-12-27-13)16-5-3-15(4-6-16)10-32-11-19(34-31-32)30-21(33)29-17-7-8-26-18(9-17)22(23,24)25/h3-9,11-12H,10H2,1-2H3,(H-,26,29,30,31,33). The second kappa shape index (κ2) is 9.25. The van der Waals surface area contributed by atoms with Gasteiger partial charge in [0.05, 0.1) is 6.02 Å². The van der Waals surface area contributed by atoms with Gasteiger partial charge in [-0.15, -0.1) is 0 Å². The molecule has 9 nitrogen and oxygen atoms in total. The van der Waals surface area contributed by atoms with Crippen molar-refractivity contribution in [2.24, 2.45) is 4.99 Å². The maximum atomic E-state index is 12.7. The van der Waals surface area contributed by atoms with Crippen molar-refractivity contribution in [2.45, 2.75) is 26.6 Å². The van der Waals surface area contributed by atoms with E-state index in [0.29, 0.717) is 12.6 Å². The molecule has 0 bridgehead atoms. The van der Waals surface area contributed by atoms with Crippen molar-refractivity contribution in [2.75, 3.05) is 5.32 Å². The Balaban J connectivity index is 1.43. The fourth-order valence-corrected chi connectivity index (χ4v) is 3.28. The summed E-state index contributed by atoms with van der Waals surface area (Å²) in [7, 11) is 0. The predicted octanol–water partition coefficient (Wildman–Crippen LogP) is 2.96. The lowest BCUT2D eigenvalue weighted by atomic mass is 10.0. The number of benzene rings is 1. The number of halogens is 3. The highest BCUT2D eigenvalue weighted by molar-refractivity contribution is 5.86. The zero-order chi connectivity index (χ0) is 24.3. The van der Waals surface area contributed by atoms with Gasteiger partial charge in [-0.05, 0) is 36.2 Å². The van der Waals surface area contributed by atoms with Crippen LogP contribution in [0.1, 0.15) is 22.6 Å². The number of alkyl halides is 3. The van der Waals surface area contributed by atoms with Gasteiger partial charge in [0.2, 0.25) is 11.8 Å². The average molecular weight is 469 g/mol. The number of anilines is 1. The number of hydrogen-bond donors (Lipinski definition) is 1. The van der Waals surface area contributed by atoms with E-state index in [0.717, 1.165) is 34.3 Å². The minimum atomic E-state index is -4.63. The van der Waals surface area contributed by atoms with E-state index in [-0.39, 0.29) is 11.6 Å². The third-order valence-electron chi connectivity index (χ3n) is 4.83. The van der Waals surface area contributed by atoms with Crippen LogP contribution in [0, 0.1) is 13.8 Å². The van der Waals surface area contributed by atoms with Gasteiger partial charge in [-0.3, -0.25) is 9.51 Å². The van der Waals surface area contributed by atoms with Crippen LogP contribution in [0.25, 0.3) is 11.1 Å². The molecule has 1 N–H and O–H groups in total. The summed E-state index contributed by atoms with van der Waals surface area (Å²) in [6, 6.07) is 8.78. The molecule has 0 unspecified atom stereocenters. The van der Waals surface area contributed by atoms with Crippen LogP contribution in [0.15, 0.2) is 64.6 Å². The lowest BCUT2D eigenvalue weighted by molar-refractivity contribution is -0.754. The summed E-state index contributed by atoms with van der Waals surface area (Å²) in [4.78, 5) is 15.4. The molecule has 0 saturated heterocycles. The maximum absolute atomic E-state index is 12.7. The van der Waals surface area contributed by atoms with Crippen LogP contribution < -0.4 is 15.1 Å². The van der Waals surface area contributed by atoms with E-state index in [1.807, 2.05) is 38.1 Å². The molecule has 174 valence electrons. The fourth-order valence-electron chi connectivity index (χ4n) is 3.28. The fraction of sp³-hybridized carbons (Fsp3) is 0.182. The first-order chi connectivity index (χ1) is 16.2. The van der Waals surface area contributed by atoms with Crippen molar-refractivity contribution in [3.63, 3.8) is 0 Å². The van der Waals surface area contributed by atoms with E-state index >= 15 is 0 Å². The molecular formula is C22H18F3N7O2. The third-order valence-corrected chi connectivity index (χ3v) is 4.83. The summed E-state index contributed by atoms with van der Waals surface area (Å²) in [5.41, 5.74) is 3.43. The topological polar surface area (TPSA) is 116 Å². The van der Waals surface area contributed by atoms with E-state index < -0.39 is 17.9 Å². The number of rotatable bonds is 5. The largest absolute Gasteiger partial charge is 0.846 e. The Hall–Kier alpha value is -4.35. The van der Waals surface area contributed by atoms with Crippen LogP contribution in [-0.4, -0.2) is 26.2 Å². The summed E-state index contributed by atoms with van der Waals surface area (Å²) in [5.74, 6) is -0.105. The van der Waals surface area contributed by atoms with Crippen LogP contribution in [-0.2, 0) is 12.7 Å². The Labute approximate surface area is 191 Å². The molecule has 4 aromatic rings. The zero-order valence-electron chi connectivity index (χ0n) is 18.0. The Morgan fingerprint density at radius 1 is 1.09 bits per heavy atom. The van der Waals surface area contributed by atoms with Crippen molar-refractivity contribution in [1.82, 2.24) is 20.2 Å². The van der Waals surface area contributed by atoms with E-state index in [1.165, 1.54) is 23.3 Å². The summed E-state index contributed by atoms with van der Waals surface area (Å²) < 4.78 is 44.7. The molecular weight excluding hydrogens is 451 g/mol. The summed E-state index contributed by atoms with van der Waals surface area (Å²) in [5, 5.41) is 18.1. The summed E-state index contributed by atoms with van der Waals surface area (Å²) in [6.07, 6.45) is -0.747. The number of aromatic nitrogens is 5. The lowest BCUT2D eigenvalue weighted by Crippen LogP contribution is -2.35. The molecule has 4 rings (SSSR count). The highest BCUT2D eigenvalue weighted by atomic mass is 19.4. The van der Waals surface area contributed by atoms with Crippen LogP contribution in [0.2, 0.25) is 0 Å². The number of hydrogen-bond acceptors (Lipinski definition) is 7. The highest BCUT2D eigenvalue weighted by Crippen LogP contribution is 2.29. The molecule has 0 aliphatic rings. The van der Waals surface area contributed by atoms with E-state index in [1.54, 1.807) is 0 Å². The predicted molar refractivity (Wildman–Crippen MR) is 113 cm³/mol. The quantitative estimate of drug-likeness (QED) is 0.271. The van der Waals surface area contributed by atoms with Gasteiger partial charge in [0.1, 0.15) is 12.0 Å². The second-order valence-electron chi connectivity index (χ2n) is 7.32. The van der Waals surface area contributed by atoms with Crippen molar-refractivity contribution < 1.29 is 27.5 Å². The monoisotopic (exact) mass is 469 g/mol. The van der Waals surface area contributed by atoms with E-state index in [9.17, 15) is 18.3 Å². The average Bonchev–Trinajstić information content (AvgIpc) is 3.21. The van der Waals surface area contributed by atoms with Gasteiger partial charge in [-0.1, -0.05) is 24.3 Å². The van der Waals surface area contributed by atoms with Gasteiger partial charge >= 0.3 is 12.1 Å². The summed E-state index contributed by atoms with van der Waals surface area (Å²) in [6.45, 7) is 4.20. The van der Waals surface area contributed by atoms with Gasteiger partial charge in [0.15, 0.2) is 0 Å². The smallest absolute Gasteiger partial charge is 0.433 e. The molecule has 0 atom stereocenters. The molecule has 12 heteroatoms. The van der Waals surface area contributed by atoms with Crippen LogP contribution in [0.4, 0.5) is 24.7 Å². The van der Waals surface area contributed by atoms with Gasteiger partial charge in [-0.25, -0.2) is 15.0 Å². The highest BCUT2D eigenvalue weighted by Gasteiger charge is 2.32. The van der Waals surface area contributed by atoms with Gasteiger partial charge < -0.3 is 10.4 Å². The molecule has 34 heavy (non-hydrogen) atoms. The minimum absolute atomic E-state index is 0.0992. The maximum Gasteiger partial charge on any atom is 0.433 e. The molecule has 0 amide bonds. The number of aliphatic imine (C=N–C) groups is 1. The molecule has 1 aromatic carbocycles. The zero-order valence-corrected chi connectivity index (χ0v) is 18.0. The van der Waals surface area contributed by atoms with Crippen LogP contribution in [0.5, 0.6) is 0 Å². The van der Waals surface area contributed by atoms with E-state index in [2.05, 4.69) is 30.5 Å². The summed E-state index contributed by atoms with van der Waals surface area (Å²) >= 11 is 0. The molecule has 0 aliphatic heterocycles. The molecule has 0 aliphatic carbocycles. The number of nitrogens with one attached hydrogen (secondary N) is 1. The first kappa shape index (κ1) is 22.8. The number of aryl methyl sites for hydroxylation is 2. The van der Waals surface area contributed by atoms with Crippen molar-refractivity contribution in [3.05, 3.63) is 77.8 Å². The number of amidine groups is 1. The van der Waals surface area contributed by atoms with E-state index in [4.69, 9.17) is 4.52 Å². The van der Waals surface area contributed by atoms with Gasteiger partial charge in [0.25, 0.3) is 6.20 Å². The molecule has 0 radical (unpaired) electrons. The van der Waals surface area contributed by atoms with Crippen LogP contribution in [0.3, 0.4) is 0 Å². The Morgan fingerprint density at radius 2 is 1.79 bits per heavy atom. The minimum Gasteiger partial charge on any atom is -0.846 e. The first-order valence-corrected chi connectivity index (χ1v) is 9.99. The van der Waals surface area contributed by atoms with Gasteiger partial charge in [0, 0.05) is 34.4 Å². The molecule has 0 spiro atoms. The molecule has 0 fully saturated rings. The van der Waals surface area contributed by atoms with Crippen molar-refractivity contribution >= 4 is 17.6 Å². The molecule has 3 aromatic heterocycles. The first-order valence-electron chi connectivity index (χ1n) is 9.99. The molecule has 0 saturated carbocycles. The Bertz CT molecular complexity index is 1310. The lowest BCUT2D eigenvalue weighted by Gasteiger charge is -2.13.